The first kappa shape index (κ1) is 23.3. The number of hydrogen-bond donors (Lipinski definition) is 2. The van der Waals surface area contributed by atoms with E-state index in [1.165, 1.54) is 43.0 Å². The average molecular weight is 442 g/mol. The summed E-state index contributed by atoms with van der Waals surface area (Å²) >= 11 is 0. The summed E-state index contributed by atoms with van der Waals surface area (Å²) in [5.74, 6) is 2.64. The molecular formula is C25H43N7. The summed E-state index contributed by atoms with van der Waals surface area (Å²) in [5.41, 5.74) is 6.70. The van der Waals surface area contributed by atoms with E-state index in [9.17, 15) is 0 Å². The molecule has 0 unspecified atom stereocenters. The number of allylic oxidation sites excluding steroid dienone is 4. The lowest BCUT2D eigenvalue weighted by Crippen LogP contribution is -2.58. The van der Waals surface area contributed by atoms with Crippen LogP contribution in [0.5, 0.6) is 0 Å². The normalized spacial score (nSPS) is 25.3. The van der Waals surface area contributed by atoms with Crippen LogP contribution in [0.15, 0.2) is 33.5 Å². The van der Waals surface area contributed by atoms with Crippen molar-refractivity contribution < 1.29 is 0 Å². The summed E-state index contributed by atoms with van der Waals surface area (Å²) in [7, 11) is 4.22. The first-order chi connectivity index (χ1) is 15.5. The fourth-order valence-corrected chi connectivity index (χ4v) is 5.26. The Hall–Kier alpha value is -1.86. The number of amidine groups is 2. The van der Waals surface area contributed by atoms with Crippen LogP contribution in [0.2, 0.25) is 0 Å². The first-order valence-corrected chi connectivity index (χ1v) is 12.6. The Labute approximate surface area is 194 Å². The van der Waals surface area contributed by atoms with Crippen LogP contribution in [0.3, 0.4) is 0 Å². The van der Waals surface area contributed by atoms with Crippen LogP contribution in [-0.4, -0.2) is 80.0 Å². The topological polar surface area (TPSA) is 58.5 Å². The molecular weight excluding hydrogens is 398 g/mol. The molecule has 4 aliphatic rings. The molecule has 0 aromatic rings. The van der Waals surface area contributed by atoms with E-state index < -0.39 is 0 Å². The van der Waals surface area contributed by atoms with Gasteiger partial charge in [-0.25, -0.2) is 10.1 Å². The van der Waals surface area contributed by atoms with Gasteiger partial charge in [-0.3, -0.25) is 5.43 Å². The van der Waals surface area contributed by atoms with Gasteiger partial charge in [0.2, 0.25) is 0 Å². The Morgan fingerprint density at radius 3 is 2.44 bits per heavy atom. The summed E-state index contributed by atoms with van der Waals surface area (Å²) in [6.45, 7) is 11.3. The Bertz CT molecular complexity index is 759. The Balaban J connectivity index is 1.49. The average Bonchev–Trinajstić information content (AvgIpc) is 2.78. The Kier molecular flexibility index (Phi) is 7.56. The van der Waals surface area contributed by atoms with E-state index in [4.69, 9.17) is 10.1 Å². The maximum atomic E-state index is 5.25. The quantitative estimate of drug-likeness (QED) is 0.390. The van der Waals surface area contributed by atoms with Crippen molar-refractivity contribution in [3.05, 3.63) is 23.4 Å². The lowest BCUT2D eigenvalue weighted by atomic mass is 9.73. The molecule has 0 aromatic heterocycles. The molecule has 4 rings (SSSR count). The lowest BCUT2D eigenvalue weighted by Gasteiger charge is -2.49. The fourth-order valence-electron chi connectivity index (χ4n) is 5.26. The molecule has 0 aromatic carbocycles. The van der Waals surface area contributed by atoms with Gasteiger partial charge in [-0.2, -0.15) is 0 Å². The zero-order chi connectivity index (χ0) is 22.6. The highest BCUT2D eigenvalue weighted by Crippen LogP contribution is 2.35. The predicted octanol–water partition coefficient (Wildman–Crippen LogP) is 3.20. The fraction of sp³-hybridized carbons (Fsp3) is 0.760. The van der Waals surface area contributed by atoms with Crippen LogP contribution < -0.4 is 10.7 Å². The third-order valence-electron chi connectivity index (χ3n) is 7.75. The van der Waals surface area contributed by atoms with E-state index in [-0.39, 0.29) is 0 Å². The third kappa shape index (κ3) is 5.73. The minimum atomic E-state index is 0.423. The molecule has 0 radical (unpaired) electrons. The van der Waals surface area contributed by atoms with Crippen molar-refractivity contribution >= 4 is 11.7 Å². The summed E-state index contributed by atoms with van der Waals surface area (Å²) < 4.78 is 0. The van der Waals surface area contributed by atoms with Gasteiger partial charge >= 0.3 is 0 Å². The van der Waals surface area contributed by atoms with Crippen LogP contribution >= 0.6 is 0 Å². The van der Waals surface area contributed by atoms with E-state index in [1.807, 2.05) is 12.2 Å². The van der Waals surface area contributed by atoms with Crippen LogP contribution in [-0.2, 0) is 0 Å². The monoisotopic (exact) mass is 441 g/mol. The number of aliphatic imine (C=N–C) groups is 1. The molecule has 3 saturated heterocycles. The van der Waals surface area contributed by atoms with E-state index in [0.29, 0.717) is 11.3 Å². The van der Waals surface area contributed by atoms with Gasteiger partial charge in [0.25, 0.3) is 0 Å². The molecule has 3 fully saturated rings. The molecule has 1 spiro atoms. The van der Waals surface area contributed by atoms with E-state index in [1.54, 1.807) is 0 Å². The molecule has 3 aliphatic heterocycles. The highest BCUT2D eigenvalue weighted by Gasteiger charge is 2.40. The number of piperidine rings is 2. The van der Waals surface area contributed by atoms with Crippen molar-refractivity contribution in [2.45, 2.75) is 58.8 Å². The van der Waals surface area contributed by atoms with Crippen molar-refractivity contribution in [3.63, 3.8) is 0 Å². The maximum Gasteiger partial charge on any atom is 0.155 e. The minimum Gasteiger partial charge on any atom is -0.360 e. The molecule has 0 amide bonds. The van der Waals surface area contributed by atoms with Gasteiger partial charge in [0, 0.05) is 51.3 Å². The third-order valence-corrected chi connectivity index (χ3v) is 7.75. The number of rotatable bonds is 5. The van der Waals surface area contributed by atoms with Crippen LogP contribution in [0.4, 0.5) is 0 Å². The first-order valence-electron chi connectivity index (χ1n) is 12.6. The van der Waals surface area contributed by atoms with Gasteiger partial charge < -0.3 is 15.1 Å². The SMILES string of the molecule is CC/C(=N\C(=N/N(C)NC1=CC=C(C)CC1)C1CCN(C)CC1)N1CCC2(CC1)CNC2. The second-order valence-electron chi connectivity index (χ2n) is 10.3. The van der Waals surface area contributed by atoms with Gasteiger partial charge in [-0.05, 0) is 77.1 Å². The maximum absolute atomic E-state index is 5.25. The zero-order valence-corrected chi connectivity index (χ0v) is 20.7. The molecule has 178 valence electrons. The van der Waals surface area contributed by atoms with Crippen molar-refractivity contribution in [2.75, 3.05) is 53.4 Å². The van der Waals surface area contributed by atoms with Crippen LogP contribution in [0.25, 0.3) is 0 Å². The molecule has 32 heavy (non-hydrogen) atoms. The summed E-state index contributed by atoms with van der Waals surface area (Å²) in [5, 5.41) is 10.4. The van der Waals surface area contributed by atoms with Crippen molar-refractivity contribution in [1.29, 1.82) is 0 Å². The molecule has 7 nitrogen and oxygen atoms in total. The van der Waals surface area contributed by atoms with Gasteiger partial charge in [0.1, 0.15) is 5.84 Å². The lowest BCUT2D eigenvalue weighted by molar-refractivity contribution is 0.0822. The van der Waals surface area contributed by atoms with Crippen LogP contribution in [0.1, 0.15) is 58.8 Å². The number of nitrogens with zero attached hydrogens (tertiary/aromatic N) is 5. The largest absolute Gasteiger partial charge is 0.360 e. The Morgan fingerprint density at radius 1 is 1.16 bits per heavy atom. The van der Waals surface area contributed by atoms with E-state index >= 15 is 0 Å². The second kappa shape index (κ2) is 10.4. The number of likely N-dealkylation sites (tertiary alicyclic amines) is 2. The smallest absolute Gasteiger partial charge is 0.155 e. The van der Waals surface area contributed by atoms with Crippen molar-refractivity contribution in [2.24, 2.45) is 21.4 Å². The summed E-state index contributed by atoms with van der Waals surface area (Å²) in [6, 6.07) is 0. The molecule has 1 aliphatic carbocycles. The van der Waals surface area contributed by atoms with E-state index in [0.717, 1.165) is 64.1 Å². The summed E-state index contributed by atoms with van der Waals surface area (Å²) in [6.07, 6.45) is 12.3. The predicted molar refractivity (Wildman–Crippen MR) is 133 cm³/mol. The molecule has 3 heterocycles. The molecule has 0 saturated carbocycles. The van der Waals surface area contributed by atoms with Gasteiger partial charge in [0.05, 0.1) is 0 Å². The standard InChI is InChI=1S/C25H43N7/c1-5-23(32-16-12-25(13-17-32)18-26-19-25)27-24(21-10-14-30(3)15-11-21)29-31(4)28-22-8-6-20(2)7-9-22/h6,8,21,26,28H,5,7,9-19H2,1-4H3/b27-23+,29-24-. The van der Waals surface area contributed by atoms with E-state index in [2.05, 4.69) is 53.6 Å². The second-order valence-corrected chi connectivity index (χ2v) is 10.3. The van der Waals surface area contributed by atoms with Gasteiger partial charge in [-0.1, -0.05) is 18.6 Å². The number of hydrazine groups is 1. The van der Waals surface area contributed by atoms with Gasteiger partial charge in [0.15, 0.2) is 5.84 Å². The van der Waals surface area contributed by atoms with Crippen molar-refractivity contribution in [1.82, 2.24) is 25.7 Å². The molecule has 7 heteroatoms. The number of hydrazone groups is 1. The molecule has 2 N–H and O–H groups in total. The zero-order valence-electron chi connectivity index (χ0n) is 20.7. The van der Waals surface area contributed by atoms with Crippen LogP contribution in [0, 0.1) is 11.3 Å². The van der Waals surface area contributed by atoms with Crippen molar-refractivity contribution in [3.8, 4) is 0 Å². The summed E-state index contributed by atoms with van der Waals surface area (Å²) in [4.78, 5) is 10.2. The minimum absolute atomic E-state index is 0.423. The Morgan fingerprint density at radius 2 is 1.88 bits per heavy atom. The highest BCUT2D eigenvalue weighted by atomic mass is 15.7. The van der Waals surface area contributed by atoms with Gasteiger partial charge in [-0.15, -0.1) is 5.10 Å². The highest BCUT2D eigenvalue weighted by molar-refractivity contribution is 5.98. The molecule has 0 bridgehead atoms. The number of nitrogens with one attached hydrogen (secondary N) is 2. The number of hydrogen-bond acceptors (Lipinski definition) is 5. The molecule has 0 atom stereocenters.